The van der Waals surface area contributed by atoms with Crippen molar-refractivity contribution in [3.05, 3.63) is 64.1 Å². The number of carbonyl (C=O) groups excluding carboxylic acids is 1. The second-order valence-electron chi connectivity index (χ2n) is 5.78. The SMILES string of the molecule is O=C(CCOc1ccccc1)N1CCOC(c2ccc(Cl)cc2Cl)C1. The summed E-state index contributed by atoms with van der Waals surface area (Å²) in [5.74, 6) is 0.817. The number of carbonyl (C=O) groups is 1. The monoisotopic (exact) mass is 379 g/mol. The molecule has 0 bridgehead atoms. The number of benzene rings is 2. The number of rotatable bonds is 5. The topological polar surface area (TPSA) is 38.8 Å². The zero-order chi connectivity index (χ0) is 17.6. The number of ether oxygens (including phenoxy) is 2. The zero-order valence-electron chi connectivity index (χ0n) is 13.7. The number of morpholine rings is 1. The molecular weight excluding hydrogens is 361 g/mol. The minimum atomic E-state index is -0.238. The van der Waals surface area contributed by atoms with Gasteiger partial charge in [-0.2, -0.15) is 0 Å². The molecule has 25 heavy (non-hydrogen) atoms. The summed E-state index contributed by atoms with van der Waals surface area (Å²) in [5.41, 5.74) is 0.851. The van der Waals surface area contributed by atoms with Crippen LogP contribution in [-0.2, 0) is 9.53 Å². The van der Waals surface area contributed by atoms with Crippen LogP contribution in [0.15, 0.2) is 48.5 Å². The molecule has 1 unspecified atom stereocenters. The van der Waals surface area contributed by atoms with E-state index in [-0.39, 0.29) is 12.0 Å². The van der Waals surface area contributed by atoms with Gasteiger partial charge in [0, 0.05) is 22.2 Å². The molecule has 0 aromatic heterocycles. The molecule has 0 saturated carbocycles. The normalized spacial score (nSPS) is 17.4. The molecule has 1 heterocycles. The van der Waals surface area contributed by atoms with E-state index in [1.165, 1.54) is 0 Å². The molecule has 0 N–H and O–H groups in total. The van der Waals surface area contributed by atoms with Crippen LogP contribution in [0.3, 0.4) is 0 Å². The quantitative estimate of drug-likeness (QED) is 0.774. The van der Waals surface area contributed by atoms with E-state index in [0.29, 0.717) is 42.8 Å². The van der Waals surface area contributed by atoms with E-state index < -0.39 is 0 Å². The fraction of sp³-hybridized carbons (Fsp3) is 0.316. The fourth-order valence-corrected chi connectivity index (χ4v) is 3.29. The molecule has 1 atom stereocenters. The van der Waals surface area contributed by atoms with Crippen LogP contribution in [0.4, 0.5) is 0 Å². The third kappa shape index (κ3) is 4.88. The minimum Gasteiger partial charge on any atom is -0.493 e. The fourth-order valence-electron chi connectivity index (χ4n) is 2.76. The van der Waals surface area contributed by atoms with Crippen molar-refractivity contribution in [2.24, 2.45) is 0 Å². The van der Waals surface area contributed by atoms with Crippen LogP contribution < -0.4 is 4.74 Å². The predicted octanol–water partition coefficient (Wildman–Crippen LogP) is 4.36. The summed E-state index contributed by atoms with van der Waals surface area (Å²) in [6.45, 7) is 1.89. The number of amides is 1. The predicted molar refractivity (Wildman–Crippen MR) is 98.3 cm³/mol. The number of hydrogen-bond donors (Lipinski definition) is 0. The van der Waals surface area contributed by atoms with E-state index in [0.717, 1.165) is 11.3 Å². The smallest absolute Gasteiger partial charge is 0.226 e. The van der Waals surface area contributed by atoms with Gasteiger partial charge in [0.25, 0.3) is 0 Å². The van der Waals surface area contributed by atoms with Crippen molar-refractivity contribution in [3.63, 3.8) is 0 Å². The third-order valence-electron chi connectivity index (χ3n) is 4.06. The molecule has 132 valence electrons. The van der Waals surface area contributed by atoms with Crippen LogP contribution in [0.25, 0.3) is 0 Å². The van der Waals surface area contributed by atoms with Gasteiger partial charge >= 0.3 is 0 Å². The summed E-state index contributed by atoms with van der Waals surface area (Å²) in [6, 6.07) is 14.8. The zero-order valence-corrected chi connectivity index (χ0v) is 15.2. The van der Waals surface area contributed by atoms with Crippen molar-refractivity contribution in [1.29, 1.82) is 0 Å². The molecule has 2 aromatic rings. The maximum absolute atomic E-state index is 12.4. The van der Waals surface area contributed by atoms with E-state index >= 15 is 0 Å². The van der Waals surface area contributed by atoms with Gasteiger partial charge in [0.2, 0.25) is 5.91 Å². The summed E-state index contributed by atoms with van der Waals surface area (Å²) < 4.78 is 11.4. The largest absolute Gasteiger partial charge is 0.493 e. The summed E-state index contributed by atoms with van der Waals surface area (Å²) in [6.07, 6.45) is 0.0909. The van der Waals surface area contributed by atoms with E-state index in [9.17, 15) is 4.79 Å². The van der Waals surface area contributed by atoms with E-state index in [1.807, 2.05) is 36.4 Å². The minimum absolute atomic E-state index is 0.0503. The van der Waals surface area contributed by atoms with Crippen molar-refractivity contribution < 1.29 is 14.3 Å². The highest BCUT2D eigenvalue weighted by Crippen LogP contribution is 2.30. The maximum atomic E-state index is 12.4. The Hall–Kier alpha value is -1.75. The Kier molecular flexibility index (Phi) is 6.19. The third-order valence-corrected chi connectivity index (χ3v) is 4.62. The van der Waals surface area contributed by atoms with E-state index in [4.69, 9.17) is 32.7 Å². The first-order valence-electron chi connectivity index (χ1n) is 8.15. The average molecular weight is 380 g/mol. The van der Waals surface area contributed by atoms with Gasteiger partial charge in [-0.3, -0.25) is 4.79 Å². The number of nitrogens with zero attached hydrogens (tertiary/aromatic N) is 1. The standard InChI is InChI=1S/C19H19Cl2NO3/c20-14-6-7-16(17(21)12-14)18-13-22(9-11-25-18)19(23)8-10-24-15-4-2-1-3-5-15/h1-7,12,18H,8-11,13H2. The molecule has 1 saturated heterocycles. The van der Waals surface area contributed by atoms with Gasteiger partial charge in [0.15, 0.2) is 0 Å². The van der Waals surface area contributed by atoms with Crippen molar-refractivity contribution in [2.75, 3.05) is 26.3 Å². The molecule has 3 rings (SSSR count). The Morgan fingerprint density at radius 3 is 2.76 bits per heavy atom. The van der Waals surface area contributed by atoms with Gasteiger partial charge in [-0.05, 0) is 24.3 Å². The lowest BCUT2D eigenvalue weighted by Gasteiger charge is -2.33. The molecule has 1 fully saturated rings. The second-order valence-corrected chi connectivity index (χ2v) is 6.62. The first-order chi connectivity index (χ1) is 12.1. The number of hydrogen-bond acceptors (Lipinski definition) is 3. The van der Waals surface area contributed by atoms with Crippen molar-refractivity contribution >= 4 is 29.1 Å². The summed E-state index contributed by atoms with van der Waals surface area (Å²) in [5, 5.41) is 1.13. The number of para-hydroxylation sites is 1. The highest BCUT2D eigenvalue weighted by Gasteiger charge is 2.26. The summed E-state index contributed by atoms with van der Waals surface area (Å²) in [4.78, 5) is 14.2. The van der Waals surface area contributed by atoms with Crippen molar-refractivity contribution in [1.82, 2.24) is 4.90 Å². The average Bonchev–Trinajstić information content (AvgIpc) is 2.62. The van der Waals surface area contributed by atoms with Crippen LogP contribution in [0.5, 0.6) is 5.75 Å². The van der Waals surface area contributed by atoms with Crippen LogP contribution >= 0.6 is 23.2 Å². The lowest BCUT2D eigenvalue weighted by molar-refractivity contribution is -0.139. The van der Waals surface area contributed by atoms with Crippen molar-refractivity contribution in [3.8, 4) is 5.75 Å². The van der Waals surface area contributed by atoms with Crippen LogP contribution in [0, 0.1) is 0 Å². The Balaban J connectivity index is 1.54. The molecule has 6 heteroatoms. The van der Waals surface area contributed by atoms with Gasteiger partial charge < -0.3 is 14.4 Å². The molecule has 2 aromatic carbocycles. The van der Waals surface area contributed by atoms with Gasteiger partial charge in [0.1, 0.15) is 11.9 Å². The molecule has 4 nitrogen and oxygen atoms in total. The molecule has 0 aliphatic carbocycles. The Morgan fingerprint density at radius 1 is 1.20 bits per heavy atom. The van der Waals surface area contributed by atoms with Gasteiger partial charge in [0.05, 0.1) is 26.2 Å². The Labute approximate surface area is 157 Å². The highest BCUT2D eigenvalue weighted by molar-refractivity contribution is 6.35. The first kappa shape index (κ1) is 18.1. The molecule has 1 aliphatic heterocycles. The van der Waals surface area contributed by atoms with Gasteiger partial charge in [-0.1, -0.05) is 47.5 Å². The number of halogens is 2. The van der Waals surface area contributed by atoms with Gasteiger partial charge in [-0.15, -0.1) is 0 Å². The highest BCUT2D eigenvalue weighted by atomic mass is 35.5. The Morgan fingerprint density at radius 2 is 2.00 bits per heavy atom. The molecule has 0 spiro atoms. The molecule has 1 amide bonds. The van der Waals surface area contributed by atoms with Crippen LogP contribution in [0.2, 0.25) is 10.0 Å². The van der Waals surface area contributed by atoms with E-state index in [1.54, 1.807) is 17.0 Å². The Bertz CT molecular complexity index is 724. The molecular formula is C19H19Cl2NO3. The van der Waals surface area contributed by atoms with Crippen LogP contribution in [-0.4, -0.2) is 37.1 Å². The van der Waals surface area contributed by atoms with E-state index in [2.05, 4.69) is 0 Å². The lowest BCUT2D eigenvalue weighted by Crippen LogP contribution is -2.42. The molecule has 0 radical (unpaired) electrons. The second kappa shape index (κ2) is 8.56. The summed E-state index contributed by atoms with van der Waals surface area (Å²) >= 11 is 12.2. The molecule has 1 aliphatic rings. The maximum Gasteiger partial charge on any atom is 0.226 e. The first-order valence-corrected chi connectivity index (χ1v) is 8.91. The van der Waals surface area contributed by atoms with Crippen molar-refractivity contribution in [2.45, 2.75) is 12.5 Å². The van der Waals surface area contributed by atoms with Crippen LogP contribution in [0.1, 0.15) is 18.1 Å². The summed E-state index contributed by atoms with van der Waals surface area (Å²) in [7, 11) is 0. The lowest BCUT2D eigenvalue weighted by atomic mass is 10.1. The van der Waals surface area contributed by atoms with Gasteiger partial charge in [-0.25, -0.2) is 0 Å².